The molecule has 33 heavy (non-hydrogen) atoms. The summed E-state index contributed by atoms with van der Waals surface area (Å²) in [4.78, 5) is 11.6. The summed E-state index contributed by atoms with van der Waals surface area (Å²) < 4.78 is 28.6. The van der Waals surface area contributed by atoms with E-state index in [9.17, 15) is 8.42 Å². The standard InChI is InChI=1S/C23H22BrN5O2S2/c24-20-10-11-21(32-20)33(30,31)29-14-12-28(13-15-29)23-26-19-9-5-4-8-18(19)22(27-23)25-16-17-6-2-1-3-7-17/h1-11H,12-16H2,(H,25,26,27). The van der Waals surface area contributed by atoms with Crippen LogP contribution in [0, 0.1) is 0 Å². The van der Waals surface area contributed by atoms with Crippen molar-refractivity contribution >= 4 is 60.0 Å². The number of fused-ring (bicyclic) bond motifs is 1. The maximum absolute atomic E-state index is 12.9. The lowest BCUT2D eigenvalue weighted by atomic mass is 10.2. The molecule has 0 amide bonds. The molecule has 0 aliphatic carbocycles. The highest BCUT2D eigenvalue weighted by Crippen LogP contribution is 2.30. The van der Waals surface area contributed by atoms with Crippen LogP contribution in [0.3, 0.4) is 0 Å². The van der Waals surface area contributed by atoms with Crippen LogP contribution in [0.15, 0.2) is 74.7 Å². The van der Waals surface area contributed by atoms with E-state index < -0.39 is 10.0 Å². The zero-order chi connectivity index (χ0) is 22.8. The normalized spacial score (nSPS) is 15.1. The van der Waals surface area contributed by atoms with Gasteiger partial charge in [-0.05, 0) is 45.8 Å². The highest BCUT2D eigenvalue weighted by Gasteiger charge is 2.30. The molecule has 2 aromatic carbocycles. The molecule has 1 aliphatic rings. The monoisotopic (exact) mass is 543 g/mol. The first-order valence-electron chi connectivity index (χ1n) is 10.6. The molecule has 1 fully saturated rings. The van der Waals surface area contributed by atoms with Crippen LogP contribution < -0.4 is 10.2 Å². The van der Waals surface area contributed by atoms with Crippen molar-refractivity contribution in [1.29, 1.82) is 0 Å². The molecule has 0 saturated carbocycles. The molecule has 0 radical (unpaired) electrons. The van der Waals surface area contributed by atoms with Crippen LogP contribution in [0.25, 0.3) is 10.9 Å². The van der Waals surface area contributed by atoms with Crippen molar-refractivity contribution in [1.82, 2.24) is 14.3 Å². The third kappa shape index (κ3) is 4.74. The van der Waals surface area contributed by atoms with Gasteiger partial charge in [0.1, 0.15) is 10.0 Å². The number of sulfonamides is 1. The van der Waals surface area contributed by atoms with Crippen molar-refractivity contribution in [3.63, 3.8) is 0 Å². The molecule has 3 heterocycles. The summed E-state index contributed by atoms with van der Waals surface area (Å²) in [7, 11) is -3.49. The number of hydrogen-bond acceptors (Lipinski definition) is 7. The fourth-order valence-corrected chi connectivity index (χ4v) is 7.40. The Morgan fingerprint density at radius 1 is 0.909 bits per heavy atom. The Bertz CT molecular complexity index is 1370. The minimum absolute atomic E-state index is 0.358. The minimum atomic E-state index is -3.49. The van der Waals surface area contributed by atoms with Gasteiger partial charge in [0.05, 0.1) is 9.30 Å². The lowest BCUT2D eigenvalue weighted by Gasteiger charge is -2.34. The van der Waals surface area contributed by atoms with Gasteiger partial charge in [0, 0.05) is 38.1 Å². The van der Waals surface area contributed by atoms with Crippen LogP contribution in [0.4, 0.5) is 11.8 Å². The largest absolute Gasteiger partial charge is 0.365 e. The number of hydrogen-bond donors (Lipinski definition) is 1. The van der Waals surface area contributed by atoms with Gasteiger partial charge in [-0.15, -0.1) is 11.3 Å². The lowest BCUT2D eigenvalue weighted by molar-refractivity contribution is 0.383. The Kier molecular flexibility index (Phi) is 6.33. The maximum atomic E-state index is 12.9. The van der Waals surface area contributed by atoms with E-state index in [-0.39, 0.29) is 0 Å². The fourth-order valence-electron chi connectivity index (χ4n) is 3.81. The number of para-hydroxylation sites is 1. The Morgan fingerprint density at radius 2 is 1.64 bits per heavy atom. The van der Waals surface area contributed by atoms with E-state index >= 15 is 0 Å². The average molecular weight is 544 g/mol. The van der Waals surface area contributed by atoms with Crippen molar-refractivity contribution in [2.45, 2.75) is 10.8 Å². The number of nitrogens with zero attached hydrogens (tertiary/aromatic N) is 4. The third-order valence-corrected chi connectivity index (χ3v) is 9.55. The summed E-state index contributed by atoms with van der Waals surface area (Å²) in [5.41, 5.74) is 2.03. The third-order valence-electron chi connectivity index (χ3n) is 5.56. The Hall–Kier alpha value is -2.53. The molecule has 10 heteroatoms. The number of anilines is 2. The van der Waals surface area contributed by atoms with Gasteiger partial charge in [0.25, 0.3) is 10.0 Å². The fraction of sp³-hybridized carbons (Fsp3) is 0.217. The molecule has 7 nitrogen and oxygen atoms in total. The van der Waals surface area contributed by atoms with E-state index in [1.165, 1.54) is 21.2 Å². The number of rotatable bonds is 6. The second-order valence-corrected chi connectivity index (χ2v) is 12.3. The first kappa shape index (κ1) is 22.3. The molecule has 0 bridgehead atoms. The van der Waals surface area contributed by atoms with Crippen LogP contribution in [-0.2, 0) is 16.6 Å². The predicted molar refractivity (Wildman–Crippen MR) is 136 cm³/mol. The smallest absolute Gasteiger partial charge is 0.252 e. The Morgan fingerprint density at radius 3 is 2.36 bits per heavy atom. The van der Waals surface area contributed by atoms with Crippen LogP contribution in [0.1, 0.15) is 5.56 Å². The molecule has 1 N–H and O–H groups in total. The molecule has 1 aliphatic heterocycles. The zero-order valence-corrected chi connectivity index (χ0v) is 20.9. The van der Waals surface area contributed by atoms with E-state index in [4.69, 9.17) is 9.97 Å². The molecule has 1 saturated heterocycles. The molecule has 0 spiro atoms. The van der Waals surface area contributed by atoms with E-state index in [0.717, 1.165) is 20.5 Å². The quantitative estimate of drug-likeness (QED) is 0.383. The van der Waals surface area contributed by atoms with Gasteiger partial charge in [-0.3, -0.25) is 0 Å². The summed E-state index contributed by atoms with van der Waals surface area (Å²) in [6, 6.07) is 21.5. The molecule has 0 atom stereocenters. The number of benzene rings is 2. The van der Waals surface area contributed by atoms with E-state index in [1.807, 2.05) is 42.5 Å². The van der Waals surface area contributed by atoms with Gasteiger partial charge in [-0.25, -0.2) is 13.4 Å². The zero-order valence-electron chi connectivity index (χ0n) is 17.7. The summed E-state index contributed by atoms with van der Waals surface area (Å²) >= 11 is 4.58. The number of piperazine rings is 1. The van der Waals surface area contributed by atoms with Gasteiger partial charge >= 0.3 is 0 Å². The molecule has 2 aromatic heterocycles. The Labute approximate surface area is 205 Å². The number of nitrogens with one attached hydrogen (secondary N) is 1. The van der Waals surface area contributed by atoms with E-state index in [0.29, 0.717) is 42.9 Å². The Balaban J connectivity index is 1.36. The second kappa shape index (κ2) is 9.38. The molecule has 5 rings (SSSR count). The highest BCUT2D eigenvalue weighted by molar-refractivity contribution is 9.11. The first-order valence-corrected chi connectivity index (χ1v) is 13.6. The topological polar surface area (TPSA) is 78.4 Å². The SMILES string of the molecule is O=S(=O)(c1ccc(Br)s1)N1CCN(c2nc(NCc3ccccc3)c3ccccc3n2)CC1. The van der Waals surface area contributed by atoms with E-state index in [1.54, 1.807) is 12.1 Å². The van der Waals surface area contributed by atoms with Gasteiger partial charge in [-0.1, -0.05) is 42.5 Å². The molecule has 4 aromatic rings. The highest BCUT2D eigenvalue weighted by atomic mass is 79.9. The van der Waals surface area contributed by atoms with Crippen molar-refractivity contribution in [2.24, 2.45) is 0 Å². The number of thiophene rings is 1. The van der Waals surface area contributed by atoms with Crippen LogP contribution in [-0.4, -0.2) is 48.9 Å². The predicted octanol–water partition coefficient (Wildman–Crippen LogP) is 4.58. The lowest BCUT2D eigenvalue weighted by Crippen LogP contribution is -2.49. The van der Waals surface area contributed by atoms with Crippen LogP contribution in [0.5, 0.6) is 0 Å². The summed E-state index contributed by atoms with van der Waals surface area (Å²) in [6.07, 6.45) is 0. The summed E-state index contributed by atoms with van der Waals surface area (Å²) in [5, 5.41) is 4.41. The molecule has 170 valence electrons. The maximum Gasteiger partial charge on any atom is 0.252 e. The van der Waals surface area contributed by atoms with Crippen molar-refractivity contribution in [3.8, 4) is 0 Å². The van der Waals surface area contributed by atoms with Crippen LogP contribution >= 0.6 is 27.3 Å². The van der Waals surface area contributed by atoms with Gasteiger partial charge < -0.3 is 10.2 Å². The number of aromatic nitrogens is 2. The van der Waals surface area contributed by atoms with Gasteiger partial charge in [0.15, 0.2) is 0 Å². The first-order chi connectivity index (χ1) is 16.0. The molecular weight excluding hydrogens is 522 g/mol. The van der Waals surface area contributed by atoms with Gasteiger partial charge in [-0.2, -0.15) is 9.29 Å². The minimum Gasteiger partial charge on any atom is -0.365 e. The molecular formula is C23H22BrN5O2S2. The average Bonchev–Trinajstić information content (AvgIpc) is 3.30. The molecule has 0 unspecified atom stereocenters. The van der Waals surface area contributed by atoms with Crippen molar-refractivity contribution < 1.29 is 8.42 Å². The van der Waals surface area contributed by atoms with Crippen LogP contribution in [0.2, 0.25) is 0 Å². The summed E-state index contributed by atoms with van der Waals surface area (Å²) in [6.45, 7) is 2.50. The number of halogens is 1. The van der Waals surface area contributed by atoms with Crippen molar-refractivity contribution in [3.05, 3.63) is 76.1 Å². The van der Waals surface area contributed by atoms with E-state index in [2.05, 4.69) is 38.3 Å². The van der Waals surface area contributed by atoms with Gasteiger partial charge in [0.2, 0.25) is 5.95 Å². The second-order valence-electron chi connectivity index (χ2n) is 7.68. The summed E-state index contributed by atoms with van der Waals surface area (Å²) in [5.74, 6) is 1.39. The van der Waals surface area contributed by atoms with Crippen molar-refractivity contribution in [2.75, 3.05) is 36.4 Å².